The number of methoxy groups -OCH3 is 1. The van der Waals surface area contributed by atoms with Crippen molar-refractivity contribution in [3.8, 4) is 5.75 Å². The van der Waals surface area contributed by atoms with Gasteiger partial charge in [-0.15, -0.1) is 0 Å². The van der Waals surface area contributed by atoms with Gasteiger partial charge in [-0.3, -0.25) is 4.79 Å². The first-order chi connectivity index (χ1) is 10.6. The lowest BCUT2D eigenvalue weighted by atomic mass is 10.3. The molecule has 0 radical (unpaired) electrons. The van der Waals surface area contributed by atoms with Gasteiger partial charge in [-0.1, -0.05) is 11.6 Å². The van der Waals surface area contributed by atoms with Gasteiger partial charge < -0.3 is 25.4 Å². The molecule has 0 bridgehead atoms. The molecule has 1 saturated heterocycles. The number of benzene rings is 1. The van der Waals surface area contributed by atoms with E-state index in [0.29, 0.717) is 42.8 Å². The molecular weight excluding hydrogens is 308 g/mol. The number of carbonyl (C=O) groups excluding carboxylic acids is 1. The van der Waals surface area contributed by atoms with Gasteiger partial charge in [-0.2, -0.15) is 0 Å². The molecule has 0 aromatic heterocycles. The number of rotatable bonds is 4. The van der Waals surface area contributed by atoms with Gasteiger partial charge in [0.1, 0.15) is 12.3 Å². The third-order valence-electron chi connectivity index (χ3n) is 3.17. The lowest BCUT2D eigenvalue weighted by Gasteiger charge is -2.26. The molecule has 0 aliphatic carbocycles. The first-order valence-electron chi connectivity index (χ1n) is 6.86. The summed E-state index contributed by atoms with van der Waals surface area (Å²) in [6.45, 7) is 2.31. The second-order valence-electron chi connectivity index (χ2n) is 4.67. The molecule has 22 heavy (non-hydrogen) atoms. The van der Waals surface area contributed by atoms with Crippen molar-refractivity contribution in [2.75, 3.05) is 45.3 Å². The van der Waals surface area contributed by atoms with Crippen LogP contribution in [0.4, 0.5) is 5.69 Å². The van der Waals surface area contributed by atoms with Gasteiger partial charge in [0.25, 0.3) is 0 Å². The van der Waals surface area contributed by atoms with Crippen molar-refractivity contribution in [1.29, 1.82) is 0 Å². The number of nitrogens with one attached hydrogen (secondary N) is 1. The third kappa shape index (κ3) is 4.51. The van der Waals surface area contributed by atoms with Crippen molar-refractivity contribution in [2.24, 2.45) is 10.7 Å². The molecule has 7 nitrogen and oxygen atoms in total. The molecule has 0 spiro atoms. The molecule has 120 valence electrons. The zero-order valence-corrected chi connectivity index (χ0v) is 13.1. The number of guanidine groups is 1. The number of aliphatic imine (C=N–C) groups is 1. The van der Waals surface area contributed by atoms with Gasteiger partial charge in [0, 0.05) is 18.8 Å². The van der Waals surface area contributed by atoms with E-state index in [0.717, 1.165) is 0 Å². The number of hydrogen-bond donors (Lipinski definition) is 2. The van der Waals surface area contributed by atoms with Crippen LogP contribution >= 0.6 is 11.6 Å². The molecule has 3 N–H and O–H groups in total. The number of carbonyl (C=O) groups is 1. The highest BCUT2D eigenvalue weighted by Crippen LogP contribution is 2.26. The number of halogens is 1. The number of anilines is 1. The predicted octanol–water partition coefficient (Wildman–Crippen LogP) is 0.934. The first kappa shape index (κ1) is 16.4. The van der Waals surface area contributed by atoms with Gasteiger partial charge in [-0.25, -0.2) is 4.99 Å². The Labute approximate surface area is 134 Å². The second kappa shape index (κ2) is 7.86. The summed E-state index contributed by atoms with van der Waals surface area (Å²) < 4.78 is 10.3. The van der Waals surface area contributed by atoms with Crippen LogP contribution in [0, 0.1) is 0 Å². The van der Waals surface area contributed by atoms with Crippen LogP contribution in [-0.2, 0) is 9.53 Å². The van der Waals surface area contributed by atoms with E-state index in [1.54, 1.807) is 30.2 Å². The standard InChI is InChI=1S/C14H19ClN4O3/c1-21-12-3-2-10(8-11(12)15)18-14(16)17-9-13(20)19-4-6-22-7-5-19/h2-3,8H,4-7,9H2,1H3,(H3,16,17,18). The molecule has 1 aliphatic heterocycles. The zero-order chi connectivity index (χ0) is 15.9. The van der Waals surface area contributed by atoms with E-state index < -0.39 is 0 Å². The Morgan fingerprint density at radius 3 is 2.86 bits per heavy atom. The summed E-state index contributed by atoms with van der Waals surface area (Å²) in [5, 5.41) is 3.35. The van der Waals surface area contributed by atoms with Gasteiger partial charge in [0.15, 0.2) is 5.96 Å². The fourth-order valence-corrected chi connectivity index (χ4v) is 2.25. The molecule has 0 atom stereocenters. The van der Waals surface area contributed by atoms with Crippen LogP contribution in [0.15, 0.2) is 23.2 Å². The summed E-state index contributed by atoms with van der Waals surface area (Å²) in [5.74, 6) is 0.661. The number of ether oxygens (including phenoxy) is 2. The van der Waals surface area contributed by atoms with Crippen LogP contribution in [-0.4, -0.2) is 56.7 Å². The van der Waals surface area contributed by atoms with Crippen molar-refractivity contribution in [3.05, 3.63) is 23.2 Å². The maximum absolute atomic E-state index is 11.9. The second-order valence-corrected chi connectivity index (χ2v) is 5.08. The van der Waals surface area contributed by atoms with Gasteiger partial charge in [0.05, 0.1) is 25.3 Å². The summed E-state index contributed by atoms with van der Waals surface area (Å²) in [6.07, 6.45) is 0. The highest BCUT2D eigenvalue weighted by atomic mass is 35.5. The minimum Gasteiger partial charge on any atom is -0.495 e. The van der Waals surface area contributed by atoms with Crippen LogP contribution in [0.2, 0.25) is 5.02 Å². The molecule has 1 aliphatic rings. The summed E-state index contributed by atoms with van der Waals surface area (Å²) in [7, 11) is 1.54. The normalized spacial score (nSPS) is 15.5. The van der Waals surface area contributed by atoms with Crippen molar-refractivity contribution < 1.29 is 14.3 Å². The highest BCUT2D eigenvalue weighted by molar-refractivity contribution is 6.32. The topological polar surface area (TPSA) is 89.2 Å². The third-order valence-corrected chi connectivity index (χ3v) is 3.47. The van der Waals surface area contributed by atoms with Gasteiger partial charge in [-0.05, 0) is 18.2 Å². The lowest BCUT2D eigenvalue weighted by molar-refractivity contribution is -0.133. The first-order valence-corrected chi connectivity index (χ1v) is 7.24. The quantitative estimate of drug-likeness (QED) is 0.635. The van der Waals surface area contributed by atoms with E-state index in [1.807, 2.05) is 0 Å². The Bertz CT molecular complexity index is 559. The van der Waals surface area contributed by atoms with E-state index >= 15 is 0 Å². The molecule has 1 aromatic rings. The Kier molecular flexibility index (Phi) is 5.85. The van der Waals surface area contributed by atoms with Crippen LogP contribution in [0.5, 0.6) is 5.75 Å². The van der Waals surface area contributed by atoms with Crippen molar-refractivity contribution >= 4 is 29.2 Å². The Morgan fingerprint density at radius 2 is 2.23 bits per heavy atom. The van der Waals surface area contributed by atoms with Crippen LogP contribution in [0.1, 0.15) is 0 Å². The Balaban J connectivity index is 1.89. The number of nitrogens with zero attached hydrogens (tertiary/aromatic N) is 2. The summed E-state index contributed by atoms with van der Waals surface area (Å²) in [5.41, 5.74) is 6.45. The minimum atomic E-state index is -0.0687. The molecular formula is C14H19ClN4O3. The zero-order valence-electron chi connectivity index (χ0n) is 12.3. The fourth-order valence-electron chi connectivity index (χ4n) is 2.00. The predicted molar refractivity (Wildman–Crippen MR) is 85.5 cm³/mol. The molecule has 0 saturated carbocycles. The fraction of sp³-hybridized carbons (Fsp3) is 0.429. The smallest absolute Gasteiger partial charge is 0.244 e. The maximum atomic E-state index is 11.9. The summed E-state index contributed by atoms with van der Waals surface area (Å²) in [4.78, 5) is 17.7. The molecule has 1 aromatic carbocycles. The van der Waals surface area contributed by atoms with E-state index in [9.17, 15) is 4.79 Å². The van der Waals surface area contributed by atoms with E-state index in [1.165, 1.54) is 0 Å². The van der Waals surface area contributed by atoms with Crippen LogP contribution in [0.3, 0.4) is 0 Å². The minimum absolute atomic E-state index is 0.00270. The average Bonchev–Trinajstić information content (AvgIpc) is 2.53. The largest absolute Gasteiger partial charge is 0.495 e. The van der Waals surface area contributed by atoms with E-state index in [4.69, 9.17) is 26.8 Å². The summed E-state index contributed by atoms with van der Waals surface area (Å²) >= 11 is 6.02. The number of amides is 1. The molecule has 1 amide bonds. The van der Waals surface area contributed by atoms with Gasteiger partial charge >= 0.3 is 0 Å². The molecule has 1 fully saturated rings. The molecule has 1 heterocycles. The maximum Gasteiger partial charge on any atom is 0.244 e. The molecule has 8 heteroatoms. The van der Waals surface area contributed by atoms with Crippen molar-refractivity contribution in [1.82, 2.24) is 4.90 Å². The van der Waals surface area contributed by atoms with Gasteiger partial charge in [0.2, 0.25) is 5.91 Å². The number of hydrogen-bond acceptors (Lipinski definition) is 4. The Morgan fingerprint density at radius 1 is 1.50 bits per heavy atom. The SMILES string of the molecule is COc1ccc(NC(N)=NCC(=O)N2CCOCC2)cc1Cl. The Hall–Kier alpha value is -1.99. The average molecular weight is 327 g/mol. The van der Waals surface area contributed by atoms with Crippen molar-refractivity contribution in [3.63, 3.8) is 0 Å². The number of morpholine rings is 1. The van der Waals surface area contributed by atoms with E-state index in [-0.39, 0.29) is 18.4 Å². The lowest BCUT2D eigenvalue weighted by Crippen LogP contribution is -2.42. The van der Waals surface area contributed by atoms with Crippen LogP contribution < -0.4 is 15.8 Å². The molecule has 2 rings (SSSR count). The molecule has 0 unspecified atom stereocenters. The van der Waals surface area contributed by atoms with E-state index in [2.05, 4.69) is 10.3 Å². The number of nitrogens with two attached hydrogens (primary N) is 1. The van der Waals surface area contributed by atoms with Crippen LogP contribution in [0.25, 0.3) is 0 Å². The highest BCUT2D eigenvalue weighted by Gasteiger charge is 2.16. The summed E-state index contributed by atoms with van der Waals surface area (Å²) in [6, 6.07) is 5.15. The monoisotopic (exact) mass is 326 g/mol. The van der Waals surface area contributed by atoms with Crippen molar-refractivity contribution in [2.45, 2.75) is 0 Å².